The fourth-order valence-corrected chi connectivity index (χ4v) is 2.03. The van der Waals surface area contributed by atoms with E-state index < -0.39 is 15.9 Å². The Kier molecular flexibility index (Phi) is 4.03. The molecule has 0 saturated carbocycles. The van der Waals surface area contributed by atoms with Gasteiger partial charge in [0.25, 0.3) is 5.91 Å². The van der Waals surface area contributed by atoms with Gasteiger partial charge in [-0.05, 0) is 26.1 Å². The van der Waals surface area contributed by atoms with E-state index in [2.05, 4.69) is 16.6 Å². The van der Waals surface area contributed by atoms with E-state index in [9.17, 15) is 13.2 Å². The summed E-state index contributed by atoms with van der Waals surface area (Å²) in [6, 6.07) is 6.16. The lowest BCUT2D eigenvalue weighted by Gasteiger charge is -2.10. The van der Waals surface area contributed by atoms with Gasteiger partial charge in [-0.2, -0.15) is 0 Å². The normalized spacial score (nSPS) is 10.9. The van der Waals surface area contributed by atoms with Crippen molar-refractivity contribution in [3.63, 3.8) is 0 Å². The van der Waals surface area contributed by atoms with Crippen molar-refractivity contribution in [3.05, 3.63) is 36.4 Å². The third-order valence-corrected chi connectivity index (χ3v) is 3.55. The molecule has 0 atom stereocenters. The van der Waals surface area contributed by atoms with Crippen molar-refractivity contribution < 1.29 is 13.2 Å². The van der Waals surface area contributed by atoms with Gasteiger partial charge in [0.2, 0.25) is 10.0 Å². The van der Waals surface area contributed by atoms with Gasteiger partial charge in [-0.25, -0.2) is 13.1 Å². The lowest BCUT2D eigenvalue weighted by Crippen LogP contribution is -2.21. The second-order valence-corrected chi connectivity index (χ2v) is 5.29. The van der Waals surface area contributed by atoms with Crippen LogP contribution in [0.2, 0.25) is 0 Å². The fraction of sp³-hybridized carbons (Fsp3) is 0.182. The minimum atomic E-state index is -3.59. The Labute approximate surface area is 101 Å². The van der Waals surface area contributed by atoms with Crippen LogP contribution >= 0.6 is 0 Å². The first-order valence-corrected chi connectivity index (χ1v) is 6.36. The summed E-state index contributed by atoms with van der Waals surface area (Å²) < 4.78 is 25.6. The lowest BCUT2D eigenvalue weighted by molar-refractivity contribution is -0.112. The first-order chi connectivity index (χ1) is 7.88. The minimum Gasteiger partial charge on any atom is -0.321 e. The van der Waals surface area contributed by atoms with Crippen molar-refractivity contribution in [2.45, 2.75) is 11.8 Å². The summed E-state index contributed by atoms with van der Waals surface area (Å²) >= 11 is 0. The van der Waals surface area contributed by atoms with Crippen LogP contribution in [0.25, 0.3) is 0 Å². The molecule has 0 aromatic heterocycles. The fourth-order valence-electron chi connectivity index (χ4n) is 1.14. The first kappa shape index (κ1) is 13.4. The zero-order valence-corrected chi connectivity index (χ0v) is 10.5. The second kappa shape index (κ2) is 5.11. The van der Waals surface area contributed by atoms with Crippen LogP contribution in [0.3, 0.4) is 0 Å². The SMILES string of the molecule is C=C(C)C(=O)Nc1ccccc1S(=O)(=O)NC. The van der Waals surface area contributed by atoms with Crippen molar-refractivity contribution >= 4 is 21.6 Å². The van der Waals surface area contributed by atoms with Gasteiger partial charge in [-0.3, -0.25) is 4.79 Å². The summed E-state index contributed by atoms with van der Waals surface area (Å²) in [6.45, 7) is 5.03. The molecule has 0 aliphatic carbocycles. The lowest BCUT2D eigenvalue weighted by atomic mass is 10.3. The van der Waals surface area contributed by atoms with Gasteiger partial charge in [0.1, 0.15) is 4.90 Å². The van der Waals surface area contributed by atoms with Crippen LogP contribution in [0.5, 0.6) is 0 Å². The van der Waals surface area contributed by atoms with E-state index in [1.165, 1.54) is 19.2 Å². The number of hydrogen-bond donors (Lipinski definition) is 2. The predicted molar refractivity (Wildman–Crippen MR) is 66.1 cm³/mol. The Hall–Kier alpha value is -1.66. The number of sulfonamides is 1. The van der Waals surface area contributed by atoms with Crippen molar-refractivity contribution in [3.8, 4) is 0 Å². The maximum atomic E-state index is 11.7. The summed E-state index contributed by atoms with van der Waals surface area (Å²) in [5.41, 5.74) is 0.538. The second-order valence-electron chi connectivity index (χ2n) is 3.44. The number of carbonyl (C=O) groups excluding carboxylic acids is 1. The number of anilines is 1. The molecule has 17 heavy (non-hydrogen) atoms. The molecule has 2 N–H and O–H groups in total. The third-order valence-electron chi connectivity index (χ3n) is 2.08. The summed E-state index contributed by atoms with van der Waals surface area (Å²) in [5.74, 6) is -0.413. The average Bonchev–Trinajstić information content (AvgIpc) is 2.29. The molecule has 92 valence electrons. The quantitative estimate of drug-likeness (QED) is 0.790. The van der Waals surface area contributed by atoms with E-state index in [0.717, 1.165) is 0 Å². The molecule has 0 bridgehead atoms. The highest BCUT2D eigenvalue weighted by molar-refractivity contribution is 7.89. The number of rotatable bonds is 4. The smallest absolute Gasteiger partial charge is 0.250 e. The van der Waals surface area contributed by atoms with Crippen molar-refractivity contribution in [2.75, 3.05) is 12.4 Å². The van der Waals surface area contributed by atoms with Crippen LogP contribution in [-0.2, 0) is 14.8 Å². The summed E-state index contributed by atoms with van der Waals surface area (Å²) in [7, 11) is -2.28. The van der Waals surface area contributed by atoms with Crippen molar-refractivity contribution in [2.24, 2.45) is 0 Å². The van der Waals surface area contributed by atoms with Gasteiger partial charge in [-0.1, -0.05) is 18.7 Å². The first-order valence-electron chi connectivity index (χ1n) is 4.88. The molecular formula is C11H14N2O3S. The highest BCUT2D eigenvalue weighted by atomic mass is 32.2. The van der Waals surface area contributed by atoms with Crippen molar-refractivity contribution in [1.29, 1.82) is 0 Å². The molecule has 0 saturated heterocycles. The Morgan fingerprint density at radius 2 is 1.88 bits per heavy atom. The van der Waals surface area contributed by atoms with E-state index in [4.69, 9.17) is 0 Å². The third kappa shape index (κ3) is 3.15. The van der Waals surface area contributed by atoms with Gasteiger partial charge in [0.15, 0.2) is 0 Å². The molecule has 1 aromatic carbocycles. The molecule has 0 aliphatic heterocycles. The van der Waals surface area contributed by atoms with Gasteiger partial charge in [0.05, 0.1) is 5.69 Å². The van der Waals surface area contributed by atoms with Crippen LogP contribution in [0.15, 0.2) is 41.3 Å². The van der Waals surface area contributed by atoms with Crippen LogP contribution < -0.4 is 10.0 Å². The zero-order valence-electron chi connectivity index (χ0n) is 9.65. The summed E-state index contributed by atoms with van der Waals surface area (Å²) in [6.07, 6.45) is 0. The summed E-state index contributed by atoms with van der Waals surface area (Å²) in [5, 5.41) is 2.49. The van der Waals surface area contributed by atoms with Gasteiger partial charge in [-0.15, -0.1) is 0 Å². The highest BCUT2D eigenvalue weighted by Crippen LogP contribution is 2.20. The highest BCUT2D eigenvalue weighted by Gasteiger charge is 2.17. The number of amides is 1. The van der Waals surface area contributed by atoms with Crippen LogP contribution in [0, 0.1) is 0 Å². The van der Waals surface area contributed by atoms with E-state index in [0.29, 0.717) is 5.57 Å². The van der Waals surface area contributed by atoms with Crippen LogP contribution in [0.4, 0.5) is 5.69 Å². The van der Waals surface area contributed by atoms with Gasteiger partial charge >= 0.3 is 0 Å². The molecule has 1 amide bonds. The largest absolute Gasteiger partial charge is 0.321 e. The number of carbonyl (C=O) groups is 1. The van der Waals surface area contributed by atoms with E-state index >= 15 is 0 Å². The van der Waals surface area contributed by atoms with E-state index in [1.54, 1.807) is 19.1 Å². The Bertz CT molecular complexity index is 550. The molecular weight excluding hydrogens is 240 g/mol. The predicted octanol–water partition coefficient (Wildman–Crippen LogP) is 1.11. The maximum absolute atomic E-state index is 11.7. The molecule has 1 aromatic rings. The van der Waals surface area contributed by atoms with Gasteiger partial charge < -0.3 is 5.32 Å². The molecule has 0 fully saturated rings. The Morgan fingerprint density at radius 3 is 2.41 bits per heavy atom. The van der Waals surface area contributed by atoms with Crippen LogP contribution in [-0.4, -0.2) is 21.4 Å². The topological polar surface area (TPSA) is 75.3 Å². The number of para-hydroxylation sites is 1. The zero-order chi connectivity index (χ0) is 13.1. The molecule has 0 heterocycles. The van der Waals surface area contributed by atoms with E-state index in [-0.39, 0.29) is 10.6 Å². The average molecular weight is 254 g/mol. The minimum absolute atomic E-state index is 0.0251. The molecule has 5 nitrogen and oxygen atoms in total. The van der Waals surface area contributed by atoms with E-state index in [1.807, 2.05) is 0 Å². The maximum Gasteiger partial charge on any atom is 0.250 e. The molecule has 0 aliphatic rings. The summed E-state index contributed by atoms with van der Waals surface area (Å²) in [4.78, 5) is 11.5. The number of benzene rings is 1. The molecule has 0 spiro atoms. The molecule has 6 heteroatoms. The van der Waals surface area contributed by atoms with Gasteiger partial charge in [0, 0.05) is 5.57 Å². The Morgan fingerprint density at radius 1 is 1.29 bits per heavy atom. The standard InChI is InChI=1S/C11H14N2O3S/c1-8(2)11(14)13-9-6-4-5-7-10(9)17(15,16)12-3/h4-7,12H,1H2,2-3H3,(H,13,14). The monoisotopic (exact) mass is 254 g/mol. The Balaban J connectivity index is 3.18. The van der Waals surface area contributed by atoms with Crippen molar-refractivity contribution in [1.82, 2.24) is 4.72 Å². The molecule has 1 rings (SSSR count). The van der Waals surface area contributed by atoms with Crippen LogP contribution in [0.1, 0.15) is 6.92 Å². The molecule has 0 radical (unpaired) electrons. The number of nitrogens with one attached hydrogen (secondary N) is 2. The molecule has 0 unspecified atom stereocenters. The number of hydrogen-bond acceptors (Lipinski definition) is 3.